The minimum atomic E-state index is 0.380. The molecule has 2 rings (SSSR count). The van der Waals surface area contributed by atoms with Crippen molar-refractivity contribution in [2.24, 2.45) is 13.0 Å². The lowest BCUT2D eigenvalue weighted by Crippen LogP contribution is -2.22. The van der Waals surface area contributed by atoms with Crippen LogP contribution >= 0.6 is 0 Å². The highest BCUT2D eigenvalue weighted by Gasteiger charge is 2.20. The third-order valence-electron chi connectivity index (χ3n) is 3.44. The van der Waals surface area contributed by atoms with Crippen molar-refractivity contribution in [3.8, 4) is 0 Å². The second kappa shape index (κ2) is 4.36. The van der Waals surface area contributed by atoms with Gasteiger partial charge in [0.2, 0.25) is 0 Å². The van der Waals surface area contributed by atoms with Crippen molar-refractivity contribution in [2.75, 3.05) is 17.6 Å². The molecule has 1 aliphatic carbocycles. The van der Waals surface area contributed by atoms with Crippen molar-refractivity contribution in [3.63, 3.8) is 0 Å². The summed E-state index contributed by atoms with van der Waals surface area (Å²) in [6, 6.07) is 0. The smallest absolute Gasteiger partial charge is 0.147 e. The molecule has 0 aromatic carbocycles. The predicted molar refractivity (Wildman–Crippen MR) is 67.5 cm³/mol. The normalized spacial score (nSPS) is 16.5. The second-order valence-corrected chi connectivity index (χ2v) is 5.10. The quantitative estimate of drug-likeness (QED) is 0.822. The van der Waals surface area contributed by atoms with Gasteiger partial charge in [0.15, 0.2) is 0 Å². The minimum Gasteiger partial charge on any atom is -0.394 e. The number of rotatable bonds is 4. The Balaban J connectivity index is 2.07. The van der Waals surface area contributed by atoms with Gasteiger partial charge in [-0.15, -0.1) is 0 Å². The molecule has 0 spiro atoms. The van der Waals surface area contributed by atoms with Crippen LogP contribution in [-0.2, 0) is 7.05 Å². The first-order chi connectivity index (χ1) is 7.59. The summed E-state index contributed by atoms with van der Waals surface area (Å²) >= 11 is 0. The lowest BCUT2D eigenvalue weighted by molar-refractivity contribution is 0.333. The van der Waals surface area contributed by atoms with Gasteiger partial charge >= 0.3 is 0 Å². The van der Waals surface area contributed by atoms with Gasteiger partial charge in [0, 0.05) is 13.6 Å². The van der Waals surface area contributed by atoms with E-state index in [0.29, 0.717) is 5.92 Å². The first-order valence-corrected chi connectivity index (χ1v) is 6.15. The highest BCUT2D eigenvalue weighted by atomic mass is 15.3. The summed E-state index contributed by atoms with van der Waals surface area (Å²) in [7, 11) is 1.95. The topological polar surface area (TPSA) is 55.9 Å². The molecular formula is C12H22N4. The van der Waals surface area contributed by atoms with Gasteiger partial charge in [-0.05, 0) is 24.7 Å². The maximum absolute atomic E-state index is 6.10. The van der Waals surface area contributed by atoms with E-state index in [1.165, 1.54) is 19.3 Å². The number of anilines is 2. The van der Waals surface area contributed by atoms with E-state index in [-0.39, 0.29) is 0 Å². The third kappa shape index (κ3) is 2.01. The van der Waals surface area contributed by atoms with Crippen molar-refractivity contribution in [1.82, 2.24) is 9.78 Å². The van der Waals surface area contributed by atoms with E-state index >= 15 is 0 Å². The molecular weight excluding hydrogens is 200 g/mol. The molecule has 1 saturated carbocycles. The fourth-order valence-corrected chi connectivity index (χ4v) is 2.14. The van der Waals surface area contributed by atoms with Gasteiger partial charge in [-0.25, -0.2) is 0 Å². The average molecular weight is 222 g/mol. The summed E-state index contributed by atoms with van der Waals surface area (Å²) < 4.78 is 1.86. The van der Waals surface area contributed by atoms with Gasteiger partial charge in [-0.3, -0.25) is 4.68 Å². The molecule has 1 aliphatic rings. The Morgan fingerprint density at radius 1 is 1.50 bits per heavy atom. The van der Waals surface area contributed by atoms with E-state index in [4.69, 9.17) is 5.73 Å². The molecule has 0 saturated heterocycles. The van der Waals surface area contributed by atoms with Gasteiger partial charge in [0.05, 0.1) is 11.4 Å². The standard InChI is InChI=1S/C12H22N4/c1-8(2)11-10(13)12(16(3)15-11)14-7-9-5-4-6-9/h8-9,14H,4-7,13H2,1-3H3. The Morgan fingerprint density at radius 2 is 2.19 bits per heavy atom. The molecule has 3 N–H and O–H groups in total. The molecule has 1 fully saturated rings. The van der Waals surface area contributed by atoms with Crippen LogP contribution in [0.5, 0.6) is 0 Å². The molecule has 4 nitrogen and oxygen atoms in total. The predicted octanol–water partition coefficient (Wildman–Crippen LogP) is 2.34. The summed E-state index contributed by atoms with van der Waals surface area (Å²) in [5, 5.41) is 7.89. The van der Waals surface area contributed by atoms with E-state index in [2.05, 4.69) is 24.3 Å². The Labute approximate surface area is 97.2 Å². The van der Waals surface area contributed by atoms with Crippen LogP contribution in [0.1, 0.15) is 44.7 Å². The molecule has 1 heterocycles. The van der Waals surface area contributed by atoms with Crippen molar-refractivity contribution in [2.45, 2.75) is 39.0 Å². The number of nitrogens with one attached hydrogen (secondary N) is 1. The van der Waals surface area contributed by atoms with Crippen LogP contribution < -0.4 is 11.1 Å². The van der Waals surface area contributed by atoms with Crippen LogP contribution in [0.3, 0.4) is 0 Å². The Kier molecular flexibility index (Phi) is 3.08. The molecule has 1 aromatic heterocycles. The Hall–Kier alpha value is -1.19. The number of aryl methyl sites for hydroxylation is 1. The number of nitrogen functional groups attached to an aromatic ring is 1. The zero-order valence-corrected chi connectivity index (χ0v) is 10.5. The molecule has 0 bridgehead atoms. The summed E-state index contributed by atoms with van der Waals surface area (Å²) in [5.41, 5.74) is 7.92. The molecule has 1 aromatic rings. The SMILES string of the molecule is CC(C)c1nn(C)c(NCC2CCC2)c1N. The monoisotopic (exact) mass is 222 g/mol. The van der Waals surface area contributed by atoms with E-state index in [1.807, 2.05) is 11.7 Å². The molecule has 0 radical (unpaired) electrons. The van der Waals surface area contributed by atoms with Crippen molar-refractivity contribution >= 4 is 11.5 Å². The number of nitrogens with two attached hydrogens (primary N) is 1. The van der Waals surface area contributed by atoms with Crippen LogP contribution in [0.4, 0.5) is 11.5 Å². The fourth-order valence-electron chi connectivity index (χ4n) is 2.14. The number of nitrogens with zero attached hydrogens (tertiary/aromatic N) is 2. The van der Waals surface area contributed by atoms with Gasteiger partial charge in [-0.1, -0.05) is 20.3 Å². The molecule has 0 amide bonds. The number of hydrogen-bond donors (Lipinski definition) is 2. The van der Waals surface area contributed by atoms with Crippen molar-refractivity contribution < 1.29 is 0 Å². The summed E-state index contributed by atoms with van der Waals surface area (Å²) in [6.07, 6.45) is 4.08. The molecule has 0 atom stereocenters. The lowest BCUT2D eigenvalue weighted by atomic mass is 9.85. The highest BCUT2D eigenvalue weighted by molar-refractivity contribution is 5.65. The second-order valence-electron chi connectivity index (χ2n) is 5.10. The van der Waals surface area contributed by atoms with Crippen LogP contribution in [0.15, 0.2) is 0 Å². The summed E-state index contributed by atoms with van der Waals surface area (Å²) in [6.45, 7) is 5.27. The zero-order chi connectivity index (χ0) is 11.7. The summed E-state index contributed by atoms with van der Waals surface area (Å²) in [5.74, 6) is 2.19. The number of hydrogen-bond acceptors (Lipinski definition) is 3. The van der Waals surface area contributed by atoms with E-state index in [1.54, 1.807) is 0 Å². The zero-order valence-electron chi connectivity index (χ0n) is 10.5. The first kappa shape index (κ1) is 11.3. The molecule has 16 heavy (non-hydrogen) atoms. The van der Waals surface area contributed by atoms with Crippen molar-refractivity contribution in [3.05, 3.63) is 5.69 Å². The lowest BCUT2D eigenvalue weighted by Gasteiger charge is -2.25. The summed E-state index contributed by atoms with van der Waals surface area (Å²) in [4.78, 5) is 0. The first-order valence-electron chi connectivity index (χ1n) is 6.15. The van der Waals surface area contributed by atoms with Gasteiger partial charge in [0.1, 0.15) is 5.82 Å². The Bertz CT molecular complexity index is 363. The third-order valence-corrected chi connectivity index (χ3v) is 3.44. The minimum absolute atomic E-state index is 0.380. The van der Waals surface area contributed by atoms with Crippen molar-refractivity contribution in [1.29, 1.82) is 0 Å². The maximum atomic E-state index is 6.10. The van der Waals surface area contributed by atoms with E-state index in [9.17, 15) is 0 Å². The molecule has 0 unspecified atom stereocenters. The van der Waals surface area contributed by atoms with Gasteiger partial charge < -0.3 is 11.1 Å². The molecule has 90 valence electrons. The highest BCUT2D eigenvalue weighted by Crippen LogP contribution is 2.30. The average Bonchev–Trinajstić information content (AvgIpc) is 2.42. The van der Waals surface area contributed by atoms with Gasteiger partial charge in [-0.2, -0.15) is 5.10 Å². The van der Waals surface area contributed by atoms with E-state index in [0.717, 1.165) is 29.7 Å². The largest absolute Gasteiger partial charge is 0.394 e. The van der Waals surface area contributed by atoms with E-state index < -0.39 is 0 Å². The van der Waals surface area contributed by atoms with Gasteiger partial charge in [0.25, 0.3) is 0 Å². The molecule has 4 heteroatoms. The Morgan fingerprint density at radius 3 is 2.62 bits per heavy atom. The van der Waals surface area contributed by atoms with Crippen LogP contribution in [0.2, 0.25) is 0 Å². The van der Waals surface area contributed by atoms with Crippen LogP contribution in [0.25, 0.3) is 0 Å². The fraction of sp³-hybridized carbons (Fsp3) is 0.750. The van der Waals surface area contributed by atoms with Crippen LogP contribution in [-0.4, -0.2) is 16.3 Å². The number of aromatic nitrogens is 2. The maximum Gasteiger partial charge on any atom is 0.147 e. The molecule has 0 aliphatic heterocycles. The van der Waals surface area contributed by atoms with Crippen LogP contribution in [0, 0.1) is 5.92 Å².